The van der Waals surface area contributed by atoms with Crippen molar-refractivity contribution in [3.63, 3.8) is 0 Å². The largest absolute Gasteiger partial charge is 0.289 e. The normalized spacial score (nSPS) is 9.81. The molecule has 16 heavy (non-hydrogen) atoms. The average Bonchev–Trinajstić information content (AvgIpc) is 2.30. The molecule has 0 aliphatic heterocycles. The van der Waals surface area contributed by atoms with Gasteiger partial charge in [0, 0.05) is 12.4 Å². The third-order valence-corrected chi connectivity index (χ3v) is 2.18. The number of hydrogen-bond donors (Lipinski definition) is 1. The maximum atomic E-state index is 11.7. The third kappa shape index (κ3) is 2.60. The van der Waals surface area contributed by atoms with Crippen molar-refractivity contribution in [2.24, 2.45) is 0 Å². The summed E-state index contributed by atoms with van der Waals surface area (Å²) in [5, 5.41) is 2.54. The van der Waals surface area contributed by atoms with Crippen molar-refractivity contribution in [3.05, 3.63) is 47.0 Å². The van der Waals surface area contributed by atoms with Gasteiger partial charge in [-0.15, -0.1) is 0 Å². The highest BCUT2D eigenvalue weighted by Crippen LogP contribution is 2.07. The van der Waals surface area contributed by atoms with Crippen molar-refractivity contribution in [1.82, 2.24) is 15.0 Å². The highest BCUT2D eigenvalue weighted by atomic mass is 79.9. The molecule has 0 spiro atoms. The molecule has 0 aliphatic carbocycles. The van der Waals surface area contributed by atoms with E-state index >= 15 is 0 Å². The quantitative estimate of drug-likeness (QED) is 0.852. The minimum absolute atomic E-state index is 0.259. The number of aromatic nitrogens is 3. The average molecular weight is 279 g/mol. The molecule has 0 atom stereocenters. The van der Waals surface area contributed by atoms with Crippen LogP contribution in [0, 0.1) is 0 Å². The second-order valence-corrected chi connectivity index (χ2v) is 3.68. The van der Waals surface area contributed by atoms with E-state index in [1.54, 1.807) is 36.7 Å². The highest BCUT2D eigenvalue weighted by Gasteiger charge is 2.08. The molecule has 0 saturated carbocycles. The molecule has 1 amide bonds. The van der Waals surface area contributed by atoms with E-state index in [0.29, 0.717) is 10.3 Å². The zero-order valence-electron chi connectivity index (χ0n) is 8.09. The van der Waals surface area contributed by atoms with E-state index in [1.807, 2.05) is 0 Å². The number of halogens is 1. The summed E-state index contributed by atoms with van der Waals surface area (Å²) in [5.41, 5.74) is 0.307. The molecule has 2 aromatic rings. The molecule has 2 heterocycles. The first-order valence-corrected chi connectivity index (χ1v) is 5.26. The molecule has 0 unspecified atom stereocenters. The molecule has 0 radical (unpaired) electrons. The van der Waals surface area contributed by atoms with Crippen LogP contribution in [-0.4, -0.2) is 20.9 Å². The van der Waals surface area contributed by atoms with Crippen LogP contribution in [0.5, 0.6) is 0 Å². The van der Waals surface area contributed by atoms with Gasteiger partial charge < -0.3 is 0 Å². The Balaban J connectivity index is 2.15. The first-order chi connectivity index (χ1) is 7.75. The Hall–Kier alpha value is -1.82. The number of nitrogens with zero attached hydrogens (tertiary/aromatic N) is 3. The van der Waals surface area contributed by atoms with E-state index in [2.05, 4.69) is 36.2 Å². The lowest BCUT2D eigenvalue weighted by Gasteiger charge is -2.02. The van der Waals surface area contributed by atoms with Crippen LogP contribution in [-0.2, 0) is 0 Å². The van der Waals surface area contributed by atoms with E-state index in [-0.39, 0.29) is 11.9 Å². The SMILES string of the molecule is O=C(Nc1ncccn1)c1cccc(Br)n1. The molecule has 6 heteroatoms. The van der Waals surface area contributed by atoms with Gasteiger partial charge in [0.05, 0.1) is 0 Å². The van der Waals surface area contributed by atoms with Crippen molar-refractivity contribution in [2.75, 3.05) is 5.32 Å². The Morgan fingerprint density at radius 2 is 1.94 bits per heavy atom. The minimum atomic E-state index is -0.340. The Bertz CT molecular complexity index is 503. The van der Waals surface area contributed by atoms with Crippen LogP contribution in [0.15, 0.2) is 41.3 Å². The van der Waals surface area contributed by atoms with Gasteiger partial charge in [0.25, 0.3) is 5.91 Å². The first-order valence-electron chi connectivity index (χ1n) is 4.46. The maximum Gasteiger partial charge on any atom is 0.276 e. The molecule has 0 fully saturated rings. The fourth-order valence-electron chi connectivity index (χ4n) is 1.06. The third-order valence-electron chi connectivity index (χ3n) is 1.74. The molecular formula is C10H7BrN4O. The van der Waals surface area contributed by atoms with E-state index in [1.165, 1.54) is 0 Å². The van der Waals surface area contributed by atoms with Gasteiger partial charge in [0.2, 0.25) is 5.95 Å². The lowest BCUT2D eigenvalue weighted by Crippen LogP contribution is -2.15. The predicted molar refractivity (Wildman–Crippen MR) is 61.9 cm³/mol. The van der Waals surface area contributed by atoms with Crippen LogP contribution >= 0.6 is 15.9 Å². The number of nitrogens with one attached hydrogen (secondary N) is 1. The van der Waals surface area contributed by atoms with E-state index < -0.39 is 0 Å². The zero-order chi connectivity index (χ0) is 11.4. The summed E-state index contributed by atoms with van der Waals surface area (Å²) in [5.74, 6) is -0.0817. The summed E-state index contributed by atoms with van der Waals surface area (Å²) in [6, 6.07) is 6.77. The number of carbonyl (C=O) groups is 1. The van der Waals surface area contributed by atoms with Gasteiger partial charge in [-0.25, -0.2) is 15.0 Å². The fourth-order valence-corrected chi connectivity index (χ4v) is 1.41. The van der Waals surface area contributed by atoms with Gasteiger partial charge in [0.15, 0.2) is 0 Å². The van der Waals surface area contributed by atoms with Gasteiger partial charge in [0.1, 0.15) is 10.3 Å². The fraction of sp³-hybridized carbons (Fsp3) is 0. The monoisotopic (exact) mass is 278 g/mol. The molecule has 0 saturated heterocycles. The van der Waals surface area contributed by atoms with Crippen LogP contribution in [0.1, 0.15) is 10.5 Å². The van der Waals surface area contributed by atoms with E-state index in [0.717, 1.165) is 0 Å². The second-order valence-electron chi connectivity index (χ2n) is 2.87. The Morgan fingerprint density at radius 1 is 1.19 bits per heavy atom. The molecule has 2 rings (SSSR count). The Labute approximate surface area is 100 Å². The summed E-state index contributed by atoms with van der Waals surface area (Å²) in [4.78, 5) is 23.5. The van der Waals surface area contributed by atoms with Crippen molar-refractivity contribution in [3.8, 4) is 0 Å². The van der Waals surface area contributed by atoms with E-state index in [4.69, 9.17) is 0 Å². The summed E-state index contributed by atoms with van der Waals surface area (Å²) in [7, 11) is 0. The standard InChI is InChI=1S/C10H7BrN4O/c11-8-4-1-3-7(14-8)9(16)15-10-12-5-2-6-13-10/h1-6H,(H,12,13,15,16). The molecule has 2 aromatic heterocycles. The topological polar surface area (TPSA) is 67.8 Å². The number of pyridine rings is 1. The van der Waals surface area contributed by atoms with Crippen molar-refractivity contribution < 1.29 is 4.79 Å². The van der Waals surface area contributed by atoms with Gasteiger partial charge in [-0.1, -0.05) is 6.07 Å². The van der Waals surface area contributed by atoms with Gasteiger partial charge in [-0.3, -0.25) is 10.1 Å². The van der Waals surface area contributed by atoms with E-state index in [9.17, 15) is 4.79 Å². The smallest absolute Gasteiger partial charge is 0.276 e. The van der Waals surface area contributed by atoms with Crippen molar-refractivity contribution in [2.45, 2.75) is 0 Å². The summed E-state index contributed by atoms with van der Waals surface area (Å²) < 4.78 is 0.606. The first kappa shape index (κ1) is 10.7. The van der Waals surface area contributed by atoms with Gasteiger partial charge >= 0.3 is 0 Å². The second kappa shape index (κ2) is 4.80. The van der Waals surface area contributed by atoms with Crippen LogP contribution in [0.2, 0.25) is 0 Å². The van der Waals surface area contributed by atoms with Crippen LogP contribution < -0.4 is 5.32 Å². The molecule has 0 bridgehead atoms. The van der Waals surface area contributed by atoms with Crippen LogP contribution in [0.3, 0.4) is 0 Å². The van der Waals surface area contributed by atoms with Gasteiger partial charge in [-0.2, -0.15) is 0 Å². The van der Waals surface area contributed by atoms with Gasteiger partial charge in [-0.05, 0) is 34.1 Å². The molecular weight excluding hydrogens is 272 g/mol. The molecule has 0 aromatic carbocycles. The molecule has 0 aliphatic rings. The van der Waals surface area contributed by atoms with Crippen molar-refractivity contribution in [1.29, 1.82) is 0 Å². The van der Waals surface area contributed by atoms with Crippen LogP contribution in [0.25, 0.3) is 0 Å². The Kier molecular flexibility index (Phi) is 3.21. The van der Waals surface area contributed by atoms with Crippen LogP contribution in [0.4, 0.5) is 5.95 Å². The number of amides is 1. The lowest BCUT2D eigenvalue weighted by atomic mass is 10.3. The maximum absolute atomic E-state index is 11.7. The number of carbonyl (C=O) groups excluding carboxylic acids is 1. The lowest BCUT2D eigenvalue weighted by molar-refractivity contribution is 0.102. The molecule has 80 valence electrons. The number of anilines is 1. The summed E-state index contributed by atoms with van der Waals surface area (Å²) in [6.45, 7) is 0. The Morgan fingerprint density at radius 3 is 2.62 bits per heavy atom. The molecule has 1 N–H and O–H groups in total. The zero-order valence-corrected chi connectivity index (χ0v) is 9.68. The van der Waals surface area contributed by atoms with Crippen molar-refractivity contribution >= 4 is 27.8 Å². The highest BCUT2D eigenvalue weighted by molar-refractivity contribution is 9.10. The summed E-state index contributed by atoms with van der Waals surface area (Å²) in [6.07, 6.45) is 3.11. The number of hydrogen-bond acceptors (Lipinski definition) is 4. The minimum Gasteiger partial charge on any atom is -0.289 e. The molecule has 5 nitrogen and oxygen atoms in total. The number of rotatable bonds is 2. The summed E-state index contributed by atoms with van der Waals surface area (Å²) >= 11 is 3.19. The predicted octanol–water partition coefficient (Wildman–Crippen LogP) is 1.89.